The summed E-state index contributed by atoms with van der Waals surface area (Å²) in [5.41, 5.74) is 2.14. The molecule has 0 atom stereocenters. The van der Waals surface area contributed by atoms with E-state index in [-0.39, 0.29) is 6.61 Å². The van der Waals surface area contributed by atoms with E-state index in [0.29, 0.717) is 30.2 Å². The SMILES string of the molecule is CCCNc1nc(Nc2ccc(C#N)cc2)ncc1C#CCCCO. The van der Waals surface area contributed by atoms with Crippen LogP contribution in [0.1, 0.15) is 37.3 Å². The first-order valence-electron chi connectivity index (χ1n) is 8.24. The molecule has 0 fully saturated rings. The molecular weight excluding hydrogens is 314 g/mol. The third kappa shape index (κ3) is 5.80. The van der Waals surface area contributed by atoms with E-state index in [1.807, 2.05) is 12.1 Å². The Bertz CT molecular complexity index is 784. The first kappa shape index (κ1) is 18.3. The van der Waals surface area contributed by atoms with E-state index >= 15 is 0 Å². The number of nitrogens with one attached hydrogen (secondary N) is 2. The van der Waals surface area contributed by atoms with Gasteiger partial charge in [-0.15, -0.1) is 0 Å². The van der Waals surface area contributed by atoms with E-state index in [1.54, 1.807) is 18.3 Å². The van der Waals surface area contributed by atoms with Gasteiger partial charge in [-0.3, -0.25) is 0 Å². The van der Waals surface area contributed by atoms with Crippen molar-refractivity contribution in [1.29, 1.82) is 5.26 Å². The second-order valence-corrected chi connectivity index (χ2v) is 5.33. The summed E-state index contributed by atoms with van der Waals surface area (Å²) >= 11 is 0. The molecule has 0 aliphatic carbocycles. The lowest BCUT2D eigenvalue weighted by Crippen LogP contribution is -2.07. The van der Waals surface area contributed by atoms with Crippen molar-refractivity contribution in [1.82, 2.24) is 9.97 Å². The smallest absolute Gasteiger partial charge is 0.229 e. The molecule has 2 aromatic rings. The number of aromatic nitrogens is 2. The van der Waals surface area contributed by atoms with Crippen molar-refractivity contribution in [2.24, 2.45) is 0 Å². The van der Waals surface area contributed by atoms with E-state index in [9.17, 15) is 0 Å². The molecule has 25 heavy (non-hydrogen) atoms. The van der Waals surface area contributed by atoms with Crippen LogP contribution in [0, 0.1) is 23.2 Å². The van der Waals surface area contributed by atoms with Crippen LogP contribution < -0.4 is 10.6 Å². The largest absolute Gasteiger partial charge is 0.396 e. The van der Waals surface area contributed by atoms with Crippen LogP contribution in [-0.4, -0.2) is 28.2 Å². The molecule has 2 rings (SSSR count). The maximum Gasteiger partial charge on any atom is 0.229 e. The van der Waals surface area contributed by atoms with Crippen molar-refractivity contribution in [3.63, 3.8) is 0 Å². The summed E-state index contributed by atoms with van der Waals surface area (Å²) in [6.45, 7) is 3.01. The van der Waals surface area contributed by atoms with E-state index < -0.39 is 0 Å². The predicted molar refractivity (Wildman–Crippen MR) is 98.5 cm³/mol. The summed E-state index contributed by atoms with van der Waals surface area (Å²) in [5, 5.41) is 24.0. The molecule has 6 nitrogen and oxygen atoms in total. The van der Waals surface area contributed by atoms with Gasteiger partial charge in [0.15, 0.2) is 0 Å². The Morgan fingerprint density at radius 1 is 1.24 bits per heavy atom. The number of benzene rings is 1. The topological polar surface area (TPSA) is 93.9 Å². The minimum atomic E-state index is 0.138. The molecule has 0 saturated carbocycles. The van der Waals surface area contributed by atoms with Crippen LogP contribution in [0.4, 0.5) is 17.5 Å². The Morgan fingerprint density at radius 3 is 2.72 bits per heavy atom. The fourth-order valence-electron chi connectivity index (χ4n) is 1.99. The molecule has 6 heteroatoms. The number of rotatable bonds is 7. The third-order valence-electron chi connectivity index (χ3n) is 3.28. The van der Waals surface area contributed by atoms with E-state index in [4.69, 9.17) is 10.4 Å². The standard InChI is InChI=1S/C19H21N5O/c1-2-11-21-18-16(6-4-3-5-12-25)14-22-19(24-18)23-17-9-7-15(13-20)8-10-17/h7-10,14,25H,2-3,5,11-12H2,1H3,(H2,21,22,23,24). The number of aliphatic hydroxyl groups is 1. The minimum absolute atomic E-state index is 0.138. The zero-order chi connectivity index (χ0) is 17.9. The van der Waals surface area contributed by atoms with Gasteiger partial charge in [-0.25, -0.2) is 4.98 Å². The highest BCUT2D eigenvalue weighted by atomic mass is 16.2. The monoisotopic (exact) mass is 335 g/mol. The van der Waals surface area contributed by atoms with Gasteiger partial charge in [0.05, 0.1) is 23.4 Å². The summed E-state index contributed by atoms with van der Waals surface area (Å²) in [6, 6.07) is 9.18. The number of aliphatic hydroxyl groups excluding tert-OH is 1. The number of nitriles is 1. The van der Waals surface area contributed by atoms with Crippen LogP contribution in [-0.2, 0) is 0 Å². The molecule has 0 bridgehead atoms. The summed E-state index contributed by atoms with van der Waals surface area (Å²) in [7, 11) is 0. The molecule has 0 saturated heterocycles. The second kappa shape index (κ2) is 9.92. The quantitative estimate of drug-likeness (QED) is 0.532. The molecule has 1 aromatic carbocycles. The van der Waals surface area contributed by atoms with Crippen molar-refractivity contribution in [2.75, 3.05) is 23.8 Å². The maximum absolute atomic E-state index is 8.84. The van der Waals surface area contributed by atoms with Crippen LogP contribution in [0.25, 0.3) is 0 Å². The molecule has 3 N–H and O–H groups in total. The molecular formula is C19H21N5O. The zero-order valence-corrected chi connectivity index (χ0v) is 14.2. The average Bonchev–Trinajstić information content (AvgIpc) is 2.65. The van der Waals surface area contributed by atoms with Crippen molar-refractivity contribution in [3.05, 3.63) is 41.6 Å². The fraction of sp³-hybridized carbons (Fsp3) is 0.316. The van der Waals surface area contributed by atoms with Gasteiger partial charge in [0.1, 0.15) is 5.82 Å². The van der Waals surface area contributed by atoms with Crippen molar-refractivity contribution >= 4 is 17.5 Å². The Hall–Kier alpha value is -3.09. The molecule has 0 unspecified atom stereocenters. The van der Waals surface area contributed by atoms with Crippen LogP contribution in [0.5, 0.6) is 0 Å². The molecule has 1 heterocycles. The highest BCUT2D eigenvalue weighted by Crippen LogP contribution is 2.17. The Labute approximate surface area is 147 Å². The molecule has 0 aliphatic rings. The van der Waals surface area contributed by atoms with E-state index in [1.165, 1.54) is 0 Å². The minimum Gasteiger partial charge on any atom is -0.396 e. The van der Waals surface area contributed by atoms with Gasteiger partial charge >= 0.3 is 0 Å². The normalized spacial score (nSPS) is 9.64. The third-order valence-corrected chi connectivity index (χ3v) is 3.28. The highest BCUT2D eigenvalue weighted by molar-refractivity contribution is 5.60. The lowest BCUT2D eigenvalue weighted by molar-refractivity contribution is 0.290. The van der Waals surface area contributed by atoms with Gasteiger partial charge in [0.25, 0.3) is 0 Å². The molecule has 0 spiro atoms. The van der Waals surface area contributed by atoms with Gasteiger partial charge in [0.2, 0.25) is 5.95 Å². The number of hydrogen-bond acceptors (Lipinski definition) is 6. The predicted octanol–water partition coefficient (Wildman–Crippen LogP) is 3.04. The van der Waals surface area contributed by atoms with Crippen LogP contribution in [0.15, 0.2) is 30.5 Å². The lowest BCUT2D eigenvalue weighted by atomic mass is 10.2. The summed E-state index contributed by atoms with van der Waals surface area (Å²) in [4.78, 5) is 8.80. The first-order chi connectivity index (χ1) is 12.3. The Kier molecular flexibility index (Phi) is 7.24. The molecule has 0 aliphatic heterocycles. The van der Waals surface area contributed by atoms with Crippen molar-refractivity contribution < 1.29 is 5.11 Å². The first-order valence-corrected chi connectivity index (χ1v) is 8.24. The van der Waals surface area contributed by atoms with E-state index in [2.05, 4.69) is 45.4 Å². The number of hydrogen-bond donors (Lipinski definition) is 3. The van der Waals surface area contributed by atoms with Crippen LogP contribution in [0.3, 0.4) is 0 Å². The maximum atomic E-state index is 8.84. The average molecular weight is 335 g/mol. The van der Waals surface area contributed by atoms with E-state index in [0.717, 1.165) is 24.2 Å². The zero-order valence-electron chi connectivity index (χ0n) is 14.2. The number of nitrogens with zero attached hydrogens (tertiary/aromatic N) is 3. The summed E-state index contributed by atoms with van der Waals surface area (Å²) in [6.07, 6.45) is 3.95. The Morgan fingerprint density at radius 2 is 2.04 bits per heavy atom. The number of anilines is 3. The lowest BCUT2D eigenvalue weighted by Gasteiger charge is -2.10. The van der Waals surface area contributed by atoms with Crippen LogP contribution >= 0.6 is 0 Å². The molecule has 0 radical (unpaired) electrons. The van der Waals surface area contributed by atoms with Crippen molar-refractivity contribution in [2.45, 2.75) is 26.2 Å². The molecule has 0 amide bonds. The Balaban J connectivity index is 2.17. The number of unbranched alkanes of at least 4 members (excludes halogenated alkanes) is 1. The van der Waals surface area contributed by atoms with Gasteiger partial charge in [-0.2, -0.15) is 10.2 Å². The van der Waals surface area contributed by atoms with Crippen LogP contribution in [0.2, 0.25) is 0 Å². The van der Waals surface area contributed by atoms with Gasteiger partial charge in [-0.05, 0) is 37.1 Å². The highest BCUT2D eigenvalue weighted by Gasteiger charge is 2.06. The molecule has 128 valence electrons. The van der Waals surface area contributed by atoms with Crippen molar-refractivity contribution in [3.8, 4) is 17.9 Å². The fourth-order valence-corrected chi connectivity index (χ4v) is 1.99. The van der Waals surface area contributed by atoms with Gasteiger partial charge < -0.3 is 15.7 Å². The second-order valence-electron chi connectivity index (χ2n) is 5.33. The molecule has 1 aromatic heterocycles. The van der Waals surface area contributed by atoms with Gasteiger partial charge in [0, 0.05) is 25.3 Å². The van der Waals surface area contributed by atoms with Gasteiger partial charge in [-0.1, -0.05) is 18.8 Å². The summed E-state index contributed by atoms with van der Waals surface area (Å²) < 4.78 is 0. The summed E-state index contributed by atoms with van der Waals surface area (Å²) in [5.74, 6) is 7.22.